The maximum Gasteiger partial charge on any atom is 0.152 e. The lowest BCUT2D eigenvalue weighted by Gasteiger charge is -2.14. The first-order valence-corrected chi connectivity index (χ1v) is 8.57. The van der Waals surface area contributed by atoms with E-state index in [9.17, 15) is 8.42 Å². The number of aromatic nitrogens is 2. The molecule has 0 aliphatic carbocycles. The third-order valence-electron chi connectivity index (χ3n) is 3.58. The molecule has 0 saturated carbocycles. The standard InChI is InChI=1S/C13H12ClN3O2S/c14-6-13-16-11-2-1-9(7-15)5-12(11)17(13)10-3-4-20(18,19)8-10/h1-2,5,10H,3-4,6,8H2. The first kappa shape index (κ1) is 13.4. The van der Waals surface area contributed by atoms with Gasteiger partial charge >= 0.3 is 0 Å². The highest BCUT2D eigenvalue weighted by Gasteiger charge is 2.31. The van der Waals surface area contributed by atoms with Crippen LogP contribution in [0, 0.1) is 11.3 Å². The van der Waals surface area contributed by atoms with Crippen molar-refractivity contribution >= 4 is 32.5 Å². The fourth-order valence-electron chi connectivity index (χ4n) is 2.69. The lowest BCUT2D eigenvalue weighted by Crippen LogP contribution is -2.13. The fourth-order valence-corrected chi connectivity index (χ4v) is 4.58. The van der Waals surface area contributed by atoms with Crippen LogP contribution in [0.4, 0.5) is 0 Å². The molecule has 1 unspecified atom stereocenters. The van der Waals surface area contributed by atoms with Crippen molar-refractivity contribution in [2.45, 2.75) is 18.3 Å². The van der Waals surface area contributed by atoms with Gasteiger partial charge in [-0.1, -0.05) is 0 Å². The van der Waals surface area contributed by atoms with Crippen LogP contribution in [0.3, 0.4) is 0 Å². The summed E-state index contributed by atoms with van der Waals surface area (Å²) in [5, 5.41) is 9.00. The molecule has 1 aliphatic heterocycles. The van der Waals surface area contributed by atoms with Gasteiger partial charge in [0, 0.05) is 0 Å². The number of nitriles is 1. The fraction of sp³-hybridized carbons (Fsp3) is 0.385. The van der Waals surface area contributed by atoms with Gasteiger partial charge in [0.2, 0.25) is 0 Å². The van der Waals surface area contributed by atoms with Gasteiger partial charge in [-0.15, -0.1) is 11.6 Å². The van der Waals surface area contributed by atoms with Crippen LogP contribution >= 0.6 is 11.6 Å². The van der Waals surface area contributed by atoms with Crippen LogP contribution in [0.1, 0.15) is 23.9 Å². The molecule has 0 spiro atoms. The highest BCUT2D eigenvalue weighted by atomic mass is 35.5. The van der Waals surface area contributed by atoms with Crippen molar-refractivity contribution < 1.29 is 8.42 Å². The molecular weight excluding hydrogens is 298 g/mol. The van der Waals surface area contributed by atoms with E-state index in [0.29, 0.717) is 17.8 Å². The zero-order valence-corrected chi connectivity index (χ0v) is 12.2. The van der Waals surface area contributed by atoms with Gasteiger partial charge in [0.05, 0.1) is 46.1 Å². The summed E-state index contributed by atoms with van der Waals surface area (Å²) in [6, 6.07) is 7.15. The second-order valence-electron chi connectivity index (χ2n) is 4.90. The van der Waals surface area contributed by atoms with Crippen LogP contribution in [-0.4, -0.2) is 29.5 Å². The summed E-state index contributed by atoms with van der Waals surface area (Å²) >= 11 is 5.93. The topological polar surface area (TPSA) is 75.8 Å². The Morgan fingerprint density at radius 2 is 2.30 bits per heavy atom. The van der Waals surface area contributed by atoms with Crippen LogP contribution in [0.5, 0.6) is 0 Å². The predicted molar refractivity (Wildman–Crippen MR) is 76.3 cm³/mol. The molecule has 1 aromatic heterocycles. The molecule has 0 bridgehead atoms. The number of halogens is 1. The van der Waals surface area contributed by atoms with Gasteiger partial charge in [-0.3, -0.25) is 0 Å². The average Bonchev–Trinajstić information content (AvgIpc) is 2.97. The molecular formula is C13H12ClN3O2S. The number of benzene rings is 1. The molecule has 1 saturated heterocycles. The van der Waals surface area contributed by atoms with E-state index in [1.807, 2.05) is 4.57 Å². The summed E-state index contributed by atoms with van der Waals surface area (Å²) < 4.78 is 25.2. The van der Waals surface area contributed by atoms with Gasteiger partial charge in [-0.2, -0.15) is 5.26 Å². The number of hydrogen-bond acceptors (Lipinski definition) is 4. The predicted octanol–water partition coefficient (Wildman–Crippen LogP) is 2.01. The van der Waals surface area contributed by atoms with Crippen molar-refractivity contribution in [2.24, 2.45) is 0 Å². The summed E-state index contributed by atoms with van der Waals surface area (Å²) in [5.74, 6) is 1.17. The van der Waals surface area contributed by atoms with Crippen LogP contribution in [0.2, 0.25) is 0 Å². The molecule has 1 atom stereocenters. The van der Waals surface area contributed by atoms with Crippen molar-refractivity contribution in [2.75, 3.05) is 11.5 Å². The molecule has 1 fully saturated rings. The maximum absolute atomic E-state index is 11.7. The Labute approximate surface area is 121 Å². The Morgan fingerprint density at radius 3 is 2.90 bits per heavy atom. The second-order valence-corrected chi connectivity index (χ2v) is 7.40. The molecule has 0 N–H and O–H groups in total. The number of fused-ring (bicyclic) bond motifs is 1. The van der Waals surface area contributed by atoms with Gasteiger partial charge in [0.1, 0.15) is 5.82 Å². The van der Waals surface area contributed by atoms with Crippen molar-refractivity contribution in [1.82, 2.24) is 9.55 Å². The third-order valence-corrected chi connectivity index (χ3v) is 5.57. The lowest BCUT2D eigenvalue weighted by atomic mass is 10.2. The van der Waals surface area contributed by atoms with Crippen molar-refractivity contribution in [3.8, 4) is 6.07 Å². The van der Waals surface area contributed by atoms with E-state index in [-0.39, 0.29) is 23.4 Å². The maximum atomic E-state index is 11.7. The quantitative estimate of drug-likeness (QED) is 0.795. The summed E-state index contributed by atoms with van der Waals surface area (Å²) in [6.45, 7) is 0. The van der Waals surface area contributed by atoms with Crippen LogP contribution < -0.4 is 0 Å². The summed E-state index contributed by atoms with van der Waals surface area (Å²) in [5.41, 5.74) is 2.05. The Balaban J connectivity index is 2.20. The molecule has 104 valence electrons. The van der Waals surface area contributed by atoms with Crippen LogP contribution in [0.25, 0.3) is 11.0 Å². The number of sulfone groups is 1. The Morgan fingerprint density at radius 1 is 1.50 bits per heavy atom. The number of imidazole rings is 1. The largest absolute Gasteiger partial charge is 0.323 e. The average molecular weight is 310 g/mol. The molecule has 0 radical (unpaired) electrons. The van der Waals surface area contributed by atoms with E-state index in [2.05, 4.69) is 11.1 Å². The van der Waals surface area contributed by atoms with Crippen molar-refractivity contribution in [3.05, 3.63) is 29.6 Å². The molecule has 0 amide bonds. The normalized spacial score (nSPS) is 21.1. The molecule has 1 aliphatic rings. The molecule has 20 heavy (non-hydrogen) atoms. The van der Waals surface area contributed by atoms with E-state index in [1.54, 1.807) is 18.2 Å². The first-order valence-electron chi connectivity index (χ1n) is 6.21. The van der Waals surface area contributed by atoms with Gasteiger partial charge in [0.25, 0.3) is 0 Å². The number of nitrogens with zero attached hydrogens (tertiary/aromatic N) is 3. The summed E-state index contributed by atoms with van der Waals surface area (Å²) in [6.07, 6.45) is 0.564. The van der Waals surface area contributed by atoms with Crippen molar-refractivity contribution in [3.63, 3.8) is 0 Å². The lowest BCUT2D eigenvalue weighted by molar-refractivity contribution is 0.554. The number of alkyl halides is 1. The molecule has 7 heteroatoms. The first-order chi connectivity index (χ1) is 9.54. The van der Waals surface area contributed by atoms with Crippen LogP contribution in [-0.2, 0) is 15.7 Å². The van der Waals surface area contributed by atoms with E-state index in [0.717, 1.165) is 11.0 Å². The second kappa shape index (κ2) is 4.76. The number of rotatable bonds is 2. The highest BCUT2D eigenvalue weighted by Crippen LogP contribution is 2.30. The third kappa shape index (κ3) is 2.17. The molecule has 1 aromatic carbocycles. The van der Waals surface area contributed by atoms with E-state index < -0.39 is 9.84 Å². The zero-order chi connectivity index (χ0) is 14.3. The molecule has 2 heterocycles. The van der Waals surface area contributed by atoms with Gasteiger partial charge < -0.3 is 4.57 Å². The van der Waals surface area contributed by atoms with Gasteiger partial charge in [-0.25, -0.2) is 13.4 Å². The zero-order valence-electron chi connectivity index (χ0n) is 10.6. The number of hydrogen-bond donors (Lipinski definition) is 0. The minimum atomic E-state index is -2.99. The van der Waals surface area contributed by atoms with E-state index in [1.165, 1.54) is 0 Å². The molecule has 2 aromatic rings. The summed E-state index contributed by atoms with van der Waals surface area (Å²) in [4.78, 5) is 4.43. The monoisotopic (exact) mass is 309 g/mol. The Bertz CT molecular complexity index is 820. The van der Waals surface area contributed by atoms with E-state index >= 15 is 0 Å². The van der Waals surface area contributed by atoms with Gasteiger partial charge in [0.15, 0.2) is 9.84 Å². The van der Waals surface area contributed by atoms with Gasteiger partial charge in [-0.05, 0) is 24.6 Å². The molecule has 5 nitrogen and oxygen atoms in total. The van der Waals surface area contributed by atoms with E-state index in [4.69, 9.17) is 16.9 Å². The minimum absolute atomic E-state index is 0.110. The SMILES string of the molecule is N#Cc1ccc2nc(CCl)n(C3CCS(=O)(=O)C3)c2c1. The Hall–Kier alpha value is -1.58. The van der Waals surface area contributed by atoms with Crippen molar-refractivity contribution in [1.29, 1.82) is 5.26 Å². The highest BCUT2D eigenvalue weighted by molar-refractivity contribution is 7.91. The van der Waals surface area contributed by atoms with Crippen LogP contribution in [0.15, 0.2) is 18.2 Å². The molecule has 3 rings (SSSR count). The summed E-state index contributed by atoms with van der Waals surface area (Å²) in [7, 11) is -2.99. The Kier molecular flexibility index (Phi) is 3.19. The smallest absolute Gasteiger partial charge is 0.152 e. The minimum Gasteiger partial charge on any atom is -0.323 e.